The summed E-state index contributed by atoms with van der Waals surface area (Å²) in [5.41, 5.74) is 2.18. The summed E-state index contributed by atoms with van der Waals surface area (Å²) >= 11 is 0. The fourth-order valence-corrected chi connectivity index (χ4v) is 1.50. The van der Waals surface area contributed by atoms with Gasteiger partial charge in [-0.3, -0.25) is 4.98 Å². The summed E-state index contributed by atoms with van der Waals surface area (Å²) in [6.07, 6.45) is 5.41. The highest BCUT2D eigenvalue weighted by molar-refractivity contribution is 5.81. The molecule has 2 aromatic heterocycles. The van der Waals surface area contributed by atoms with Gasteiger partial charge < -0.3 is 0 Å². The highest BCUT2D eigenvalue weighted by atomic mass is 15.1. The van der Waals surface area contributed by atoms with Crippen molar-refractivity contribution in [2.24, 2.45) is 0 Å². The lowest BCUT2D eigenvalue weighted by molar-refractivity contribution is 0.591. The Balaban J connectivity index is 0.000000606. The average molecular weight is 217 g/mol. The van der Waals surface area contributed by atoms with Crippen LogP contribution in [0.15, 0.2) is 24.7 Å². The summed E-state index contributed by atoms with van der Waals surface area (Å²) in [6, 6.07) is 1.89. The monoisotopic (exact) mass is 217 g/mol. The molecule has 86 valence electrons. The molecule has 2 aromatic rings. The third-order valence-electron chi connectivity index (χ3n) is 2.25. The molecule has 3 heteroatoms. The molecule has 0 unspecified atom stereocenters. The Morgan fingerprint density at radius 1 is 1.06 bits per heavy atom. The first kappa shape index (κ1) is 12.6. The minimum absolute atomic E-state index is 0.0806. The number of rotatable bonds is 0. The van der Waals surface area contributed by atoms with Crippen molar-refractivity contribution < 1.29 is 0 Å². The topological polar surface area (TPSA) is 38.7 Å². The van der Waals surface area contributed by atoms with Gasteiger partial charge in [-0.15, -0.1) is 0 Å². The van der Waals surface area contributed by atoms with E-state index in [0.29, 0.717) is 0 Å². The quantitative estimate of drug-likeness (QED) is 0.679. The van der Waals surface area contributed by atoms with Crippen LogP contribution in [0.1, 0.15) is 40.2 Å². The highest BCUT2D eigenvalue weighted by Gasteiger charge is 2.17. The molecule has 3 nitrogen and oxygen atoms in total. The predicted octanol–water partition coefficient (Wildman–Crippen LogP) is 3.35. The fraction of sp³-hybridized carbons (Fsp3) is 0.462. The van der Waals surface area contributed by atoms with E-state index in [1.54, 1.807) is 6.20 Å². The molecule has 2 heterocycles. The molecular weight excluding hydrogens is 198 g/mol. The van der Waals surface area contributed by atoms with E-state index in [2.05, 4.69) is 36.0 Å². The lowest BCUT2D eigenvalue weighted by Crippen LogP contribution is -2.12. The Morgan fingerprint density at radius 3 is 2.38 bits per heavy atom. The van der Waals surface area contributed by atoms with Crippen LogP contribution in [0.2, 0.25) is 0 Å². The SMILES string of the molecule is CC.CC(C)(C)c1cnnc2ccncc12. The second-order valence-electron chi connectivity index (χ2n) is 4.40. The molecule has 0 fully saturated rings. The van der Waals surface area contributed by atoms with Crippen molar-refractivity contribution in [3.63, 3.8) is 0 Å². The molecule has 0 saturated heterocycles. The van der Waals surface area contributed by atoms with Crippen molar-refractivity contribution in [2.75, 3.05) is 0 Å². The number of aromatic nitrogens is 3. The first-order chi connectivity index (χ1) is 7.59. The molecule has 0 spiro atoms. The first-order valence-electron chi connectivity index (χ1n) is 5.65. The smallest absolute Gasteiger partial charge is 0.0963 e. The Bertz CT molecular complexity index is 453. The average Bonchev–Trinajstić information content (AvgIpc) is 2.30. The van der Waals surface area contributed by atoms with Crippen molar-refractivity contribution in [2.45, 2.75) is 40.0 Å². The van der Waals surface area contributed by atoms with Gasteiger partial charge in [0.1, 0.15) is 0 Å². The van der Waals surface area contributed by atoms with Crippen LogP contribution in [-0.2, 0) is 5.41 Å². The molecular formula is C13H19N3. The Hall–Kier alpha value is -1.51. The molecule has 0 bridgehead atoms. The third kappa shape index (κ3) is 2.54. The van der Waals surface area contributed by atoms with Gasteiger partial charge in [0.25, 0.3) is 0 Å². The summed E-state index contributed by atoms with van der Waals surface area (Å²) < 4.78 is 0. The maximum Gasteiger partial charge on any atom is 0.0963 e. The van der Waals surface area contributed by atoms with Crippen LogP contribution in [0.3, 0.4) is 0 Å². The molecule has 0 aromatic carbocycles. The van der Waals surface area contributed by atoms with Crippen molar-refractivity contribution in [3.05, 3.63) is 30.2 Å². The van der Waals surface area contributed by atoms with Gasteiger partial charge in [-0.1, -0.05) is 34.6 Å². The Labute approximate surface area is 96.9 Å². The van der Waals surface area contributed by atoms with E-state index in [0.717, 1.165) is 10.9 Å². The van der Waals surface area contributed by atoms with Crippen LogP contribution in [-0.4, -0.2) is 15.2 Å². The van der Waals surface area contributed by atoms with Gasteiger partial charge in [-0.25, -0.2) is 0 Å². The Kier molecular flexibility index (Phi) is 3.93. The van der Waals surface area contributed by atoms with Crippen molar-refractivity contribution in [1.29, 1.82) is 0 Å². The zero-order valence-corrected chi connectivity index (χ0v) is 10.7. The molecule has 0 radical (unpaired) electrons. The molecule has 0 aliphatic heterocycles. The molecule has 16 heavy (non-hydrogen) atoms. The summed E-state index contributed by atoms with van der Waals surface area (Å²) in [5.74, 6) is 0. The van der Waals surface area contributed by atoms with Crippen LogP contribution in [0.5, 0.6) is 0 Å². The Morgan fingerprint density at radius 2 is 1.75 bits per heavy atom. The van der Waals surface area contributed by atoms with Gasteiger partial charge in [0.2, 0.25) is 0 Å². The number of pyridine rings is 1. The summed E-state index contributed by atoms with van der Waals surface area (Å²) in [7, 11) is 0. The predicted molar refractivity (Wildman–Crippen MR) is 67.4 cm³/mol. The second-order valence-corrected chi connectivity index (χ2v) is 4.40. The van der Waals surface area contributed by atoms with Crippen LogP contribution < -0.4 is 0 Å². The molecule has 0 N–H and O–H groups in total. The van der Waals surface area contributed by atoms with E-state index in [-0.39, 0.29) is 5.41 Å². The van der Waals surface area contributed by atoms with E-state index >= 15 is 0 Å². The summed E-state index contributed by atoms with van der Waals surface area (Å²) in [5, 5.41) is 9.16. The standard InChI is InChI=1S/C11H13N3.C2H6/c1-11(2,3)9-7-13-14-10-4-5-12-6-8(9)10;1-2/h4-7H,1-3H3;1-2H3. The van der Waals surface area contributed by atoms with E-state index in [4.69, 9.17) is 0 Å². The number of fused-ring (bicyclic) bond motifs is 1. The first-order valence-corrected chi connectivity index (χ1v) is 5.65. The van der Waals surface area contributed by atoms with E-state index in [1.807, 2.05) is 32.3 Å². The van der Waals surface area contributed by atoms with Crippen LogP contribution in [0.25, 0.3) is 10.9 Å². The lowest BCUT2D eigenvalue weighted by Gasteiger charge is -2.19. The van der Waals surface area contributed by atoms with Gasteiger partial charge in [0.05, 0.1) is 11.7 Å². The van der Waals surface area contributed by atoms with E-state index in [1.165, 1.54) is 5.56 Å². The van der Waals surface area contributed by atoms with Gasteiger partial charge in [-0.2, -0.15) is 10.2 Å². The van der Waals surface area contributed by atoms with Gasteiger partial charge >= 0.3 is 0 Å². The summed E-state index contributed by atoms with van der Waals surface area (Å²) in [4.78, 5) is 4.12. The van der Waals surface area contributed by atoms with Crippen molar-refractivity contribution in [1.82, 2.24) is 15.2 Å². The normalized spacial score (nSPS) is 10.8. The van der Waals surface area contributed by atoms with Crippen LogP contribution in [0, 0.1) is 0 Å². The minimum Gasteiger partial charge on any atom is -0.264 e. The zero-order chi connectivity index (χ0) is 12.2. The lowest BCUT2D eigenvalue weighted by atomic mass is 9.86. The number of hydrogen-bond donors (Lipinski definition) is 0. The maximum absolute atomic E-state index is 4.12. The second kappa shape index (κ2) is 5.01. The number of nitrogens with zero attached hydrogens (tertiary/aromatic N) is 3. The molecule has 0 aliphatic carbocycles. The maximum atomic E-state index is 4.12. The molecule has 0 atom stereocenters. The minimum atomic E-state index is 0.0806. The third-order valence-corrected chi connectivity index (χ3v) is 2.25. The van der Waals surface area contributed by atoms with Gasteiger partial charge in [-0.05, 0) is 17.0 Å². The van der Waals surface area contributed by atoms with Crippen molar-refractivity contribution >= 4 is 10.9 Å². The summed E-state index contributed by atoms with van der Waals surface area (Å²) in [6.45, 7) is 10.5. The molecule has 0 saturated carbocycles. The van der Waals surface area contributed by atoms with E-state index < -0.39 is 0 Å². The fourth-order valence-electron chi connectivity index (χ4n) is 1.50. The van der Waals surface area contributed by atoms with Crippen LogP contribution in [0.4, 0.5) is 0 Å². The largest absolute Gasteiger partial charge is 0.264 e. The van der Waals surface area contributed by atoms with Crippen molar-refractivity contribution in [3.8, 4) is 0 Å². The molecule has 2 rings (SSSR count). The molecule has 0 amide bonds. The number of hydrogen-bond acceptors (Lipinski definition) is 3. The van der Waals surface area contributed by atoms with Crippen LogP contribution >= 0.6 is 0 Å². The molecule has 0 aliphatic rings. The van der Waals surface area contributed by atoms with Gasteiger partial charge in [0, 0.05) is 17.8 Å². The van der Waals surface area contributed by atoms with E-state index in [9.17, 15) is 0 Å². The highest BCUT2D eigenvalue weighted by Crippen LogP contribution is 2.27. The zero-order valence-electron chi connectivity index (χ0n) is 10.7. The van der Waals surface area contributed by atoms with Gasteiger partial charge in [0.15, 0.2) is 0 Å².